The molecule has 3 aromatic rings. The van der Waals surface area contributed by atoms with Crippen molar-refractivity contribution >= 4 is 5.91 Å². The Morgan fingerprint density at radius 2 is 1.45 bits per heavy atom. The highest BCUT2D eigenvalue weighted by Gasteiger charge is 2.19. The monoisotopic (exact) mass is 289 g/mol. The molecule has 0 unspecified atom stereocenters. The van der Waals surface area contributed by atoms with Gasteiger partial charge in [0.05, 0.1) is 0 Å². The number of nitrogens with one attached hydrogen (secondary N) is 1. The number of pyridine rings is 1. The fourth-order valence-corrected chi connectivity index (χ4v) is 2.36. The molecule has 0 aliphatic heterocycles. The Kier molecular flexibility index (Phi) is 3.97. The molecule has 0 aliphatic carbocycles. The van der Waals surface area contributed by atoms with Crippen LogP contribution < -0.4 is 10.1 Å². The lowest BCUT2D eigenvalue weighted by Gasteiger charge is -2.07. The van der Waals surface area contributed by atoms with Gasteiger partial charge in [-0.1, -0.05) is 41.1 Å². The highest BCUT2D eigenvalue weighted by atomic mass is 16.2. The molecule has 0 saturated carbocycles. The maximum atomic E-state index is 12.4. The number of benzene rings is 2. The first-order valence-electron chi connectivity index (χ1n) is 7.19. The predicted octanol–water partition coefficient (Wildman–Crippen LogP) is 3.33. The zero-order valence-electron chi connectivity index (χ0n) is 12.4. The van der Waals surface area contributed by atoms with Crippen LogP contribution in [0.15, 0.2) is 78.9 Å². The molecule has 22 heavy (non-hydrogen) atoms. The van der Waals surface area contributed by atoms with Gasteiger partial charge in [-0.15, -0.1) is 5.43 Å². The van der Waals surface area contributed by atoms with Crippen LogP contribution in [0.3, 0.4) is 0 Å². The Morgan fingerprint density at radius 1 is 0.818 bits per heavy atom. The molecule has 0 fully saturated rings. The Morgan fingerprint density at radius 3 is 2.14 bits per heavy atom. The molecule has 3 rings (SSSR count). The number of nitrogens with zero attached hydrogens (tertiary/aromatic N) is 1. The van der Waals surface area contributed by atoms with Gasteiger partial charge >= 0.3 is 5.91 Å². The highest BCUT2D eigenvalue weighted by molar-refractivity contribution is 5.98. The van der Waals surface area contributed by atoms with Gasteiger partial charge in [-0.2, -0.15) is 0 Å². The second-order valence-electron chi connectivity index (χ2n) is 5.06. The quantitative estimate of drug-likeness (QED) is 0.737. The fraction of sp³-hybridized carbons (Fsp3) is 0.0526. The minimum atomic E-state index is -0.128. The third kappa shape index (κ3) is 2.88. The summed E-state index contributed by atoms with van der Waals surface area (Å²) in [6.45, 7) is 1.97. The van der Waals surface area contributed by atoms with Crippen molar-refractivity contribution in [2.24, 2.45) is 0 Å². The van der Waals surface area contributed by atoms with Crippen LogP contribution in [0.1, 0.15) is 16.1 Å². The Balaban J connectivity index is 1.99. The van der Waals surface area contributed by atoms with Gasteiger partial charge in [0.1, 0.15) is 0 Å². The van der Waals surface area contributed by atoms with Crippen molar-refractivity contribution in [1.82, 2.24) is 0 Å². The van der Waals surface area contributed by atoms with E-state index in [0.29, 0.717) is 5.56 Å². The Bertz CT molecular complexity index is 783. The SMILES string of the molecule is Cc1cccc(-c2ccccc2)[n+]1NC(=O)c1ccccc1. The maximum absolute atomic E-state index is 12.4. The first kappa shape index (κ1) is 14.0. The fourth-order valence-electron chi connectivity index (χ4n) is 2.36. The third-order valence-electron chi connectivity index (χ3n) is 3.50. The van der Waals surface area contributed by atoms with Crippen molar-refractivity contribution in [3.63, 3.8) is 0 Å². The van der Waals surface area contributed by atoms with Crippen LogP contribution in [0.4, 0.5) is 0 Å². The number of aromatic nitrogens is 1. The summed E-state index contributed by atoms with van der Waals surface area (Å²) < 4.78 is 1.82. The van der Waals surface area contributed by atoms with Gasteiger partial charge in [-0.3, -0.25) is 4.79 Å². The molecule has 1 heterocycles. The molecule has 1 aromatic heterocycles. The molecule has 1 amide bonds. The molecule has 1 N–H and O–H groups in total. The first-order chi connectivity index (χ1) is 10.8. The van der Waals surface area contributed by atoms with Crippen molar-refractivity contribution in [3.05, 3.63) is 90.1 Å². The number of hydrogen-bond donors (Lipinski definition) is 1. The van der Waals surface area contributed by atoms with Gasteiger partial charge < -0.3 is 0 Å². The Hall–Kier alpha value is -2.94. The van der Waals surface area contributed by atoms with Gasteiger partial charge in [0.2, 0.25) is 11.4 Å². The Labute approximate surface area is 129 Å². The zero-order valence-corrected chi connectivity index (χ0v) is 12.4. The van der Waals surface area contributed by atoms with E-state index in [1.165, 1.54) is 0 Å². The van der Waals surface area contributed by atoms with Crippen molar-refractivity contribution in [2.45, 2.75) is 6.92 Å². The maximum Gasteiger partial charge on any atom is 0.305 e. The van der Waals surface area contributed by atoms with Crippen LogP contribution in [0, 0.1) is 6.92 Å². The average Bonchev–Trinajstić information content (AvgIpc) is 2.58. The van der Waals surface area contributed by atoms with E-state index in [1.807, 2.05) is 78.3 Å². The average molecular weight is 289 g/mol. The molecule has 3 nitrogen and oxygen atoms in total. The lowest BCUT2D eigenvalue weighted by molar-refractivity contribution is -0.636. The topological polar surface area (TPSA) is 33.0 Å². The molecule has 2 aromatic carbocycles. The van der Waals surface area contributed by atoms with Crippen LogP contribution in [-0.2, 0) is 0 Å². The third-order valence-corrected chi connectivity index (χ3v) is 3.50. The second-order valence-corrected chi connectivity index (χ2v) is 5.06. The summed E-state index contributed by atoms with van der Waals surface area (Å²) in [6, 6.07) is 25.2. The van der Waals surface area contributed by atoms with Crippen LogP contribution >= 0.6 is 0 Å². The van der Waals surface area contributed by atoms with Crippen molar-refractivity contribution < 1.29 is 9.47 Å². The normalized spacial score (nSPS) is 10.2. The molecule has 0 saturated heterocycles. The molecule has 0 radical (unpaired) electrons. The molecular formula is C19H17N2O+. The lowest BCUT2D eigenvalue weighted by Crippen LogP contribution is -2.52. The second kappa shape index (κ2) is 6.22. The molecular weight excluding hydrogens is 272 g/mol. The predicted molar refractivity (Wildman–Crippen MR) is 86.9 cm³/mol. The minimum Gasteiger partial charge on any atom is -0.264 e. The van der Waals surface area contributed by atoms with Crippen molar-refractivity contribution in [3.8, 4) is 11.3 Å². The summed E-state index contributed by atoms with van der Waals surface area (Å²) in [5, 5.41) is 0. The number of amides is 1. The zero-order chi connectivity index (χ0) is 15.4. The summed E-state index contributed by atoms with van der Waals surface area (Å²) in [5.74, 6) is -0.128. The minimum absolute atomic E-state index is 0.128. The molecule has 0 aliphatic rings. The number of carbonyl (C=O) groups excluding carboxylic acids is 1. The van der Waals surface area contributed by atoms with E-state index in [4.69, 9.17) is 0 Å². The van der Waals surface area contributed by atoms with Gasteiger partial charge in [0, 0.05) is 30.2 Å². The smallest absolute Gasteiger partial charge is 0.264 e. The molecule has 0 atom stereocenters. The number of aryl methyl sites for hydroxylation is 1. The number of rotatable bonds is 3. The van der Waals surface area contributed by atoms with E-state index >= 15 is 0 Å². The van der Waals surface area contributed by atoms with Gasteiger partial charge in [-0.25, -0.2) is 0 Å². The van der Waals surface area contributed by atoms with Crippen LogP contribution in [0.5, 0.6) is 0 Å². The van der Waals surface area contributed by atoms with Crippen molar-refractivity contribution in [2.75, 3.05) is 5.43 Å². The summed E-state index contributed by atoms with van der Waals surface area (Å²) in [4.78, 5) is 12.4. The van der Waals surface area contributed by atoms with Crippen molar-refractivity contribution in [1.29, 1.82) is 0 Å². The standard InChI is InChI=1S/C19H16N2O/c1-15-9-8-14-18(16-10-4-2-5-11-16)21(15)20-19(22)17-12-6-3-7-13-17/h2-14H,1H3/p+1. The summed E-state index contributed by atoms with van der Waals surface area (Å²) >= 11 is 0. The molecule has 3 heteroatoms. The van der Waals surface area contributed by atoms with Gasteiger partial charge in [-0.05, 0) is 30.3 Å². The molecule has 0 bridgehead atoms. The summed E-state index contributed by atoms with van der Waals surface area (Å²) in [7, 11) is 0. The van der Waals surface area contributed by atoms with E-state index in [0.717, 1.165) is 17.0 Å². The van der Waals surface area contributed by atoms with E-state index in [2.05, 4.69) is 5.43 Å². The summed E-state index contributed by atoms with van der Waals surface area (Å²) in [5.41, 5.74) is 6.58. The van der Waals surface area contributed by atoms with Crippen LogP contribution in [0.2, 0.25) is 0 Å². The molecule has 108 valence electrons. The van der Waals surface area contributed by atoms with Crippen LogP contribution in [-0.4, -0.2) is 5.91 Å². The van der Waals surface area contributed by atoms with E-state index < -0.39 is 0 Å². The first-order valence-corrected chi connectivity index (χ1v) is 7.19. The van der Waals surface area contributed by atoms with Crippen LogP contribution in [0.25, 0.3) is 11.3 Å². The van der Waals surface area contributed by atoms with Gasteiger partial charge in [0.25, 0.3) is 0 Å². The van der Waals surface area contributed by atoms with E-state index in [1.54, 1.807) is 12.1 Å². The largest absolute Gasteiger partial charge is 0.305 e. The number of carbonyl (C=O) groups is 1. The summed E-state index contributed by atoms with van der Waals surface area (Å²) in [6.07, 6.45) is 0. The number of hydrogen-bond acceptors (Lipinski definition) is 1. The van der Waals surface area contributed by atoms with E-state index in [9.17, 15) is 4.79 Å². The van der Waals surface area contributed by atoms with E-state index in [-0.39, 0.29) is 5.91 Å². The molecule has 0 spiro atoms. The highest BCUT2D eigenvalue weighted by Crippen LogP contribution is 2.14. The lowest BCUT2D eigenvalue weighted by atomic mass is 10.1. The van der Waals surface area contributed by atoms with Gasteiger partial charge in [0.15, 0.2) is 0 Å².